The maximum atomic E-state index is 10.7. The first kappa shape index (κ1) is 6.52. The van der Waals surface area contributed by atoms with E-state index in [9.17, 15) is 4.79 Å². The zero-order valence-electron chi connectivity index (χ0n) is 6.29. The Labute approximate surface area is 64.4 Å². The second-order valence-electron chi connectivity index (χ2n) is 2.80. The summed E-state index contributed by atoms with van der Waals surface area (Å²) < 4.78 is 0. The van der Waals surface area contributed by atoms with Crippen LogP contribution in [0.15, 0.2) is 17.1 Å². The fraction of sp³-hybridized carbons (Fsp3) is 0.571. The first-order valence-electron chi connectivity index (χ1n) is 3.89. The number of hydrogen-bond acceptors (Lipinski definition) is 2. The van der Waals surface area contributed by atoms with Crippen molar-refractivity contribution >= 4 is 0 Å². The van der Waals surface area contributed by atoms with Gasteiger partial charge in [-0.05, 0) is 12.8 Å². The van der Waals surface area contributed by atoms with Crippen molar-refractivity contribution in [3.8, 4) is 0 Å². The van der Waals surface area contributed by atoms with Crippen molar-refractivity contribution in [2.24, 2.45) is 0 Å². The minimum Gasteiger partial charge on any atom is -0.299 e. The molecule has 1 N–H and O–H groups in total. The molecule has 0 amide bonds. The highest BCUT2D eigenvalue weighted by atomic mass is 16.1. The summed E-state index contributed by atoms with van der Waals surface area (Å²) in [6.07, 6.45) is 4.22. The predicted octanol–water partition coefficient (Wildman–Crippen LogP) is -0.0918. The standard InChI is InChI=1S/C7H11N3O/c11-7-3-6-10(8-7)9-4-1-2-5-9/h3,6H,1-2,4-5H2,(H,8,11). The number of nitrogens with one attached hydrogen (secondary N) is 1. The third-order valence-corrected chi connectivity index (χ3v) is 1.98. The Bertz CT molecular complexity index is 282. The smallest absolute Gasteiger partial charge is 0.265 e. The van der Waals surface area contributed by atoms with Crippen molar-refractivity contribution in [1.29, 1.82) is 0 Å². The number of hydrogen-bond donors (Lipinski definition) is 1. The highest BCUT2D eigenvalue weighted by Gasteiger charge is 2.10. The van der Waals surface area contributed by atoms with Crippen LogP contribution in [-0.4, -0.2) is 23.0 Å². The van der Waals surface area contributed by atoms with Crippen molar-refractivity contribution < 1.29 is 0 Å². The fourth-order valence-electron chi connectivity index (χ4n) is 1.41. The Morgan fingerprint density at radius 3 is 2.64 bits per heavy atom. The molecule has 1 aromatic heterocycles. The van der Waals surface area contributed by atoms with E-state index in [4.69, 9.17) is 0 Å². The minimum atomic E-state index is -0.0306. The molecule has 4 nitrogen and oxygen atoms in total. The summed E-state index contributed by atoms with van der Waals surface area (Å²) in [5, 5.41) is 4.83. The van der Waals surface area contributed by atoms with Gasteiger partial charge in [-0.15, -0.1) is 0 Å². The average Bonchev–Trinajstić information content (AvgIpc) is 2.55. The molecular formula is C7H11N3O. The highest BCUT2D eigenvalue weighted by molar-refractivity contribution is 4.92. The van der Waals surface area contributed by atoms with E-state index in [-0.39, 0.29) is 5.56 Å². The number of H-pyrrole nitrogens is 1. The fourth-order valence-corrected chi connectivity index (χ4v) is 1.41. The van der Waals surface area contributed by atoms with Gasteiger partial charge in [-0.25, -0.2) is 9.89 Å². The predicted molar refractivity (Wildman–Crippen MR) is 42.2 cm³/mol. The lowest BCUT2D eigenvalue weighted by Crippen LogP contribution is -2.32. The molecule has 11 heavy (non-hydrogen) atoms. The maximum Gasteiger partial charge on any atom is 0.265 e. The Hall–Kier alpha value is -1.19. The summed E-state index contributed by atoms with van der Waals surface area (Å²) in [4.78, 5) is 12.5. The van der Waals surface area contributed by atoms with Crippen LogP contribution in [-0.2, 0) is 0 Å². The molecule has 1 aliphatic rings. The SMILES string of the molecule is O=c1ccn(N2CCCC2)[nH]1. The number of rotatable bonds is 1. The molecule has 1 aromatic rings. The molecule has 1 fully saturated rings. The van der Waals surface area contributed by atoms with E-state index in [2.05, 4.69) is 10.1 Å². The first-order valence-corrected chi connectivity index (χ1v) is 3.89. The van der Waals surface area contributed by atoms with Crippen LogP contribution in [0.1, 0.15) is 12.8 Å². The molecule has 0 bridgehead atoms. The molecular weight excluding hydrogens is 142 g/mol. The number of nitrogens with zero attached hydrogens (tertiary/aromatic N) is 2. The van der Waals surface area contributed by atoms with Crippen molar-refractivity contribution in [1.82, 2.24) is 9.89 Å². The van der Waals surface area contributed by atoms with Gasteiger partial charge in [0, 0.05) is 19.2 Å². The van der Waals surface area contributed by atoms with Gasteiger partial charge in [0.15, 0.2) is 0 Å². The summed E-state index contributed by atoms with van der Waals surface area (Å²) >= 11 is 0. The summed E-state index contributed by atoms with van der Waals surface area (Å²) in [7, 11) is 0. The van der Waals surface area contributed by atoms with Gasteiger partial charge in [-0.1, -0.05) is 0 Å². The van der Waals surface area contributed by atoms with E-state index in [0.717, 1.165) is 13.1 Å². The number of aromatic amines is 1. The van der Waals surface area contributed by atoms with Crippen molar-refractivity contribution in [2.45, 2.75) is 12.8 Å². The lowest BCUT2D eigenvalue weighted by atomic mass is 10.4. The molecule has 1 aliphatic heterocycles. The van der Waals surface area contributed by atoms with E-state index < -0.39 is 0 Å². The molecule has 0 aromatic carbocycles. The third-order valence-electron chi connectivity index (χ3n) is 1.98. The lowest BCUT2D eigenvalue weighted by Gasteiger charge is -2.17. The van der Waals surface area contributed by atoms with Crippen LogP contribution in [0.5, 0.6) is 0 Å². The van der Waals surface area contributed by atoms with Crippen molar-refractivity contribution in [3.05, 3.63) is 22.6 Å². The zero-order valence-corrected chi connectivity index (χ0v) is 6.29. The summed E-state index contributed by atoms with van der Waals surface area (Å²) in [5.74, 6) is 0. The van der Waals surface area contributed by atoms with Crippen LogP contribution >= 0.6 is 0 Å². The van der Waals surface area contributed by atoms with Crippen LogP contribution in [0.4, 0.5) is 0 Å². The van der Waals surface area contributed by atoms with Crippen LogP contribution in [0.25, 0.3) is 0 Å². The Balaban J connectivity index is 2.21. The lowest BCUT2D eigenvalue weighted by molar-refractivity contribution is 0.584. The highest BCUT2D eigenvalue weighted by Crippen LogP contribution is 2.03. The van der Waals surface area contributed by atoms with E-state index in [1.807, 2.05) is 0 Å². The Morgan fingerprint density at radius 1 is 1.36 bits per heavy atom. The van der Waals surface area contributed by atoms with Gasteiger partial charge < -0.3 is 0 Å². The molecule has 0 aliphatic carbocycles. The summed E-state index contributed by atoms with van der Waals surface area (Å²) in [6.45, 7) is 2.09. The van der Waals surface area contributed by atoms with Gasteiger partial charge in [0.05, 0.1) is 6.20 Å². The molecule has 1 saturated heterocycles. The third kappa shape index (κ3) is 1.15. The Morgan fingerprint density at radius 2 is 2.09 bits per heavy atom. The maximum absolute atomic E-state index is 10.7. The van der Waals surface area contributed by atoms with Gasteiger partial charge in [0.2, 0.25) is 0 Å². The normalized spacial score (nSPS) is 17.6. The number of aromatic nitrogens is 2. The van der Waals surface area contributed by atoms with E-state index in [1.165, 1.54) is 12.8 Å². The monoisotopic (exact) mass is 153 g/mol. The summed E-state index contributed by atoms with van der Waals surface area (Å²) in [6, 6.07) is 1.54. The molecule has 2 rings (SSSR count). The topological polar surface area (TPSA) is 41.0 Å². The van der Waals surface area contributed by atoms with Gasteiger partial charge >= 0.3 is 0 Å². The van der Waals surface area contributed by atoms with Crippen LogP contribution < -0.4 is 10.6 Å². The van der Waals surface area contributed by atoms with Crippen molar-refractivity contribution in [2.75, 3.05) is 18.1 Å². The van der Waals surface area contributed by atoms with Gasteiger partial charge in [0.25, 0.3) is 5.56 Å². The quantitative estimate of drug-likeness (QED) is 0.612. The molecule has 0 saturated carbocycles. The van der Waals surface area contributed by atoms with Crippen LogP contribution in [0, 0.1) is 0 Å². The zero-order chi connectivity index (χ0) is 7.68. The van der Waals surface area contributed by atoms with Gasteiger partial charge in [0.1, 0.15) is 0 Å². The second kappa shape index (κ2) is 2.45. The van der Waals surface area contributed by atoms with E-state index in [1.54, 1.807) is 17.1 Å². The molecule has 4 heteroatoms. The van der Waals surface area contributed by atoms with Crippen LogP contribution in [0.3, 0.4) is 0 Å². The first-order chi connectivity index (χ1) is 5.36. The van der Waals surface area contributed by atoms with Crippen molar-refractivity contribution in [3.63, 3.8) is 0 Å². The molecule has 2 heterocycles. The summed E-state index contributed by atoms with van der Waals surface area (Å²) in [5.41, 5.74) is -0.0306. The van der Waals surface area contributed by atoms with E-state index >= 15 is 0 Å². The van der Waals surface area contributed by atoms with Gasteiger partial charge in [-0.3, -0.25) is 9.80 Å². The Kier molecular flexibility index (Phi) is 1.45. The second-order valence-corrected chi connectivity index (χ2v) is 2.80. The average molecular weight is 153 g/mol. The molecule has 0 atom stereocenters. The van der Waals surface area contributed by atoms with E-state index in [0.29, 0.717) is 0 Å². The molecule has 60 valence electrons. The van der Waals surface area contributed by atoms with Crippen LogP contribution in [0.2, 0.25) is 0 Å². The molecule has 0 spiro atoms. The van der Waals surface area contributed by atoms with Gasteiger partial charge in [-0.2, -0.15) is 0 Å². The molecule has 0 radical (unpaired) electrons. The largest absolute Gasteiger partial charge is 0.299 e. The minimum absolute atomic E-state index is 0.0306. The molecule has 0 unspecified atom stereocenters.